The van der Waals surface area contributed by atoms with Gasteiger partial charge in [-0.25, -0.2) is 14.8 Å². The number of aromatic nitrogens is 2. The number of carboxylic acid groups (broad SMARTS) is 1. The van der Waals surface area contributed by atoms with Crippen molar-refractivity contribution in [3.05, 3.63) is 46.2 Å². The number of nitrogens with zero attached hydrogens (tertiary/aromatic N) is 2. The van der Waals surface area contributed by atoms with Crippen LogP contribution in [0.1, 0.15) is 21.6 Å². The molecule has 0 bridgehead atoms. The molecule has 0 saturated carbocycles. The van der Waals surface area contributed by atoms with Crippen molar-refractivity contribution < 1.29 is 9.90 Å². The number of hydrogen-bond acceptors (Lipinski definition) is 4. The second kappa shape index (κ2) is 5.59. The van der Waals surface area contributed by atoms with Crippen LogP contribution in [0.3, 0.4) is 0 Å². The van der Waals surface area contributed by atoms with Crippen molar-refractivity contribution in [2.24, 2.45) is 0 Å². The zero-order chi connectivity index (χ0) is 14.0. The lowest BCUT2D eigenvalue weighted by Crippen LogP contribution is -2.01. The van der Waals surface area contributed by atoms with Crippen LogP contribution in [0.15, 0.2) is 34.3 Å². The van der Waals surface area contributed by atoms with Crippen LogP contribution >= 0.6 is 23.4 Å². The Labute approximate surface area is 119 Å². The highest BCUT2D eigenvalue weighted by Gasteiger charge is 2.14. The van der Waals surface area contributed by atoms with E-state index in [4.69, 9.17) is 16.7 Å². The van der Waals surface area contributed by atoms with Crippen molar-refractivity contribution in [2.75, 3.05) is 0 Å². The predicted molar refractivity (Wildman–Crippen MR) is 74.0 cm³/mol. The second-order valence-electron chi connectivity index (χ2n) is 4.02. The summed E-state index contributed by atoms with van der Waals surface area (Å²) < 4.78 is 0. The molecule has 0 unspecified atom stereocenters. The second-order valence-corrected chi connectivity index (χ2v) is 5.41. The predicted octanol–water partition coefficient (Wildman–Crippen LogP) is 3.60. The Kier molecular flexibility index (Phi) is 4.07. The van der Waals surface area contributed by atoms with Gasteiger partial charge in [-0.1, -0.05) is 11.6 Å². The SMILES string of the molecule is Cc1cc(C)nc(Sc2nc(Cl)ccc2C(=O)O)c1. The number of rotatable bonds is 3. The average molecular weight is 295 g/mol. The number of carbonyl (C=O) groups is 1. The lowest BCUT2D eigenvalue weighted by Gasteiger charge is -2.06. The summed E-state index contributed by atoms with van der Waals surface area (Å²) in [5, 5.41) is 10.4. The summed E-state index contributed by atoms with van der Waals surface area (Å²) in [4.78, 5) is 19.5. The van der Waals surface area contributed by atoms with Crippen molar-refractivity contribution >= 4 is 29.3 Å². The summed E-state index contributed by atoms with van der Waals surface area (Å²) in [6, 6.07) is 6.74. The fourth-order valence-electron chi connectivity index (χ4n) is 1.61. The topological polar surface area (TPSA) is 63.1 Å². The first-order valence-corrected chi connectivity index (χ1v) is 6.68. The Bertz CT molecular complexity index is 626. The quantitative estimate of drug-likeness (QED) is 0.876. The molecule has 0 atom stereocenters. The molecule has 0 amide bonds. The maximum Gasteiger partial charge on any atom is 0.338 e. The summed E-state index contributed by atoms with van der Waals surface area (Å²) in [7, 11) is 0. The number of hydrogen-bond donors (Lipinski definition) is 1. The number of aryl methyl sites for hydroxylation is 2. The van der Waals surface area contributed by atoms with E-state index in [-0.39, 0.29) is 10.7 Å². The van der Waals surface area contributed by atoms with Gasteiger partial charge in [-0.05, 0) is 55.4 Å². The molecule has 0 fully saturated rings. The first kappa shape index (κ1) is 13.8. The van der Waals surface area contributed by atoms with E-state index in [1.165, 1.54) is 23.9 Å². The molecule has 0 aliphatic rings. The number of halogens is 1. The van der Waals surface area contributed by atoms with Crippen LogP contribution in [0.4, 0.5) is 0 Å². The third-order valence-corrected chi connectivity index (χ3v) is 3.47. The molecule has 0 aliphatic carbocycles. The van der Waals surface area contributed by atoms with Crippen LogP contribution in [0.5, 0.6) is 0 Å². The minimum atomic E-state index is -1.03. The van der Waals surface area contributed by atoms with Gasteiger partial charge in [0.2, 0.25) is 0 Å². The van der Waals surface area contributed by atoms with Crippen LogP contribution < -0.4 is 0 Å². The van der Waals surface area contributed by atoms with Crippen molar-refractivity contribution in [3.63, 3.8) is 0 Å². The largest absolute Gasteiger partial charge is 0.478 e. The molecule has 0 aliphatic heterocycles. The normalized spacial score (nSPS) is 10.5. The van der Waals surface area contributed by atoms with E-state index < -0.39 is 5.97 Å². The van der Waals surface area contributed by atoms with E-state index in [9.17, 15) is 4.79 Å². The van der Waals surface area contributed by atoms with Gasteiger partial charge in [-0.15, -0.1) is 0 Å². The molecule has 0 spiro atoms. The van der Waals surface area contributed by atoms with Crippen molar-refractivity contribution in [2.45, 2.75) is 23.9 Å². The highest BCUT2D eigenvalue weighted by Crippen LogP contribution is 2.29. The average Bonchev–Trinajstić information content (AvgIpc) is 2.26. The molecule has 0 radical (unpaired) electrons. The lowest BCUT2D eigenvalue weighted by atomic mass is 10.3. The molecule has 2 rings (SSSR count). The van der Waals surface area contributed by atoms with Crippen LogP contribution in [0, 0.1) is 13.8 Å². The first-order valence-electron chi connectivity index (χ1n) is 5.48. The number of pyridine rings is 2. The molecule has 1 N–H and O–H groups in total. The zero-order valence-electron chi connectivity index (χ0n) is 10.3. The maximum atomic E-state index is 11.1. The molecular weight excluding hydrogens is 284 g/mol. The molecule has 2 heterocycles. The van der Waals surface area contributed by atoms with Gasteiger partial charge in [0.1, 0.15) is 15.2 Å². The number of carboxylic acids is 1. The summed E-state index contributed by atoms with van der Waals surface area (Å²) in [5.74, 6) is -1.03. The molecular formula is C13H11ClN2O2S. The van der Waals surface area contributed by atoms with Gasteiger partial charge in [0.25, 0.3) is 0 Å². The lowest BCUT2D eigenvalue weighted by molar-refractivity contribution is 0.0692. The minimum absolute atomic E-state index is 0.121. The molecule has 19 heavy (non-hydrogen) atoms. The van der Waals surface area contributed by atoms with Crippen LogP contribution in [0.2, 0.25) is 5.15 Å². The van der Waals surface area contributed by atoms with Gasteiger partial charge in [0, 0.05) is 5.69 Å². The standard InChI is InChI=1S/C13H11ClN2O2S/c1-7-5-8(2)15-11(6-7)19-12-9(13(17)18)3-4-10(14)16-12/h3-6H,1-2H3,(H,17,18). The summed E-state index contributed by atoms with van der Waals surface area (Å²) in [5.41, 5.74) is 2.06. The van der Waals surface area contributed by atoms with Crippen molar-refractivity contribution in [1.29, 1.82) is 0 Å². The van der Waals surface area contributed by atoms with E-state index in [0.717, 1.165) is 11.3 Å². The molecule has 0 aromatic carbocycles. The van der Waals surface area contributed by atoms with Gasteiger partial charge >= 0.3 is 5.97 Å². The molecule has 6 heteroatoms. The van der Waals surface area contributed by atoms with Gasteiger partial charge in [0.05, 0.1) is 5.56 Å². The Morgan fingerprint density at radius 3 is 2.63 bits per heavy atom. The van der Waals surface area contributed by atoms with E-state index in [1.54, 1.807) is 0 Å². The fourth-order valence-corrected chi connectivity index (χ4v) is 2.85. The third-order valence-electron chi connectivity index (χ3n) is 2.33. The molecule has 2 aromatic heterocycles. The molecule has 98 valence electrons. The monoisotopic (exact) mass is 294 g/mol. The molecule has 4 nitrogen and oxygen atoms in total. The van der Waals surface area contributed by atoms with Gasteiger partial charge < -0.3 is 5.11 Å². The van der Waals surface area contributed by atoms with Gasteiger partial charge in [-0.2, -0.15) is 0 Å². The smallest absolute Gasteiger partial charge is 0.338 e. The minimum Gasteiger partial charge on any atom is -0.478 e. The third kappa shape index (κ3) is 3.45. The summed E-state index contributed by atoms with van der Waals surface area (Å²) in [6.07, 6.45) is 0. The van der Waals surface area contributed by atoms with Crippen LogP contribution in [0.25, 0.3) is 0 Å². The van der Waals surface area contributed by atoms with Crippen LogP contribution in [-0.4, -0.2) is 21.0 Å². The fraction of sp³-hybridized carbons (Fsp3) is 0.154. The highest BCUT2D eigenvalue weighted by atomic mass is 35.5. The van der Waals surface area contributed by atoms with Crippen molar-refractivity contribution in [1.82, 2.24) is 9.97 Å². The Morgan fingerprint density at radius 1 is 1.26 bits per heavy atom. The van der Waals surface area contributed by atoms with Gasteiger partial charge in [0.15, 0.2) is 0 Å². The first-order chi connectivity index (χ1) is 8.95. The highest BCUT2D eigenvalue weighted by molar-refractivity contribution is 7.99. The molecule has 2 aromatic rings. The summed E-state index contributed by atoms with van der Waals surface area (Å²) >= 11 is 7.01. The maximum absolute atomic E-state index is 11.1. The molecule has 0 saturated heterocycles. The Morgan fingerprint density at radius 2 is 2.00 bits per heavy atom. The summed E-state index contributed by atoms with van der Waals surface area (Å²) in [6.45, 7) is 3.85. The Hall–Kier alpha value is -1.59. The Balaban J connectivity index is 2.42. The number of aromatic carboxylic acids is 1. The van der Waals surface area contributed by atoms with Gasteiger partial charge in [-0.3, -0.25) is 0 Å². The van der Waals surface area contributed by atoms with E-state index in [1.807, 2.05) is 26.0 Å². The van der Waals surface area contributed by atoms with E-state index >= 15 is 0 Å². The van der Waals surface area contributed by atoms with E-state index in [0.29, 0.717) is 10.1 Å². The zero-order valence-corrected chi connectivity index (χ0v) is 11.9. The van der Waals surface area contributed by atoms with Crippen LogP contribution in [-0.2, 0) is 0 Å². The van der Waals surface area contributed by atoms with Crippen molar-refractivity contribution in [3.8, 4) is 0 Å². The van der Waals surface area contributed by atoms with E-state index in [2.05, 4.69) is 9.97 Å².